The monoisotopic (exact) mass is 263 g/mol. The molecule has 6 heteroatoms. The van der Waals surface area contributed by atoms with Crippen LogP contribution in [0.15, 0.2) is 29.2 Å². The van der Waals surface area contributed by atoms with Crippen molar-refractivity contribution in [3.63, 3.8) is 0 Å². The van der Waals surface area contributed by atoms with E-state index >= 15 is 0 Å². The van der Waals surface area contributed by atoms with Crippen LogP contribution in [-0.4, -0.2) is 11.4 Å². The fraction of sp³-hybridized carbons (Fsp3) is 0.364. The van der Waals surface area contributed by atoms with Gasteiger partial charge in [-0.3, -0.25) is 4.79 Å². The van der Waals surface area contributed by atoms with Gasteiger partial charge in [-0.25, -0.2) is 0 Å². The Hall–Kier alpha value is -1.17. The zero-order valence-electron chi connectivity index (χ0n) is 8.96. The van der Waals surface area contributed by atoms with Crippen LogP contribution in [0.25, 0.3) is 0 Å². The summed E-state index contributed by atoms with van der Waals surface area (Å²) in [5, 5.41) is 0. The highest BCUT2D eigenvalue weighted by molar-refractivity contribution is 8.00. The Morgan fingerprint density at radius 3 is 2.29 bits per heavy atom. The minimum absolute atomic E-state index is 0.136. The molecule has 94 valence electrons. The van der Waals surface area contributed by atoms with Crippen LogP contribution in [0.4, 0.5) is 13.2 Å². The van der Waals surface area contributed by atoms with E-state index in [9.17, 15) is 18.0 Å². The molecule has 0 aliphatic rings. The van der Waals surface area contributed by atoms with E-state index in [0.29, 0.717) is 19.3 Å². The largest absolute Gasteiger partial charge is 0.446 e. The van der Waals surface area contributed by atoms with Gasteiger partial charge in [0, 0.05) is 11.3 Å². The molecule has 0 fully saturated rings. The summed E-state index contributed by atoms with van der Waals surface area (Å²) in [6.45, 7) is 0. The van der Waals surface area contributed by atoms with Gasteiger partial charge in [-0.15, -0.1) is 0 Å². The van der Waals surface area contributed by atoms with E-state index in [-0.39, 0.29) is 22.6 Å². The van der Waals surface area contributed by atoms with Crippen molar-refractivity contribution in [3.05, 3.63) is 29.8 Å². The highest BCUT2D eigenvalue weighted by Gasteiger charge is 2.28. The number of primary amides is 1. The molecule has 0 heterocycles. The molecule has 2 nitrogen and oxygen atoms in total. The smallest absolute Gasteiger partial charge is 0.370 e. The molecule has 0 saturated heterocycles. The van der Waals surface area contributed by atoms with Crippen LogP contribution in [0.3, 0.4) is 0 Å². The zero-order chi connectivity index (χ0) is 12.9. The summed E-state index contributed by atoms with van der Waals surface area (Å²) >= 11 is -0.136. The number of thioether (sulfide) groups is 1. The zero-order valence-corrected chi connectivity index (χ0v) is 9.77. The molecule has 1 rings (SSSR count). The van der Waals surface area contributed by atoms with E-state index in [2.05, 4.69) is 0 Å². The number of nitrogens with two attached hydrogens (primary N) is 1. The Morgan fingerprint density at radius 1 is 1.24 bits per heavy atom. The van der Waals surface area contributed by atoms with Crippen LogP contribution in [-0.2, 0) is 11.2 Å². The number of amides is 1. The van der Waals surface area contributed by atoms with Gasteiger partial charge in [0.05, 0.1) is 0 Å². The summed E-state index contributed by atoms with van der Waals surface area (Å²) in [5.74, 6) is -0.366. The van der Waals surface area contributed by atoms with Crippen molar-refractivity contribution in [1.29, 1.82) is 0 Å². The summed E-state index contributed by atoms with van der Waals surface area (Å²) < 4.78 is 36.1. The first-order chi connectivity index (χ1) is 7.87. The lowest BCUT2D eigenvalue weighted by Crippen LogP contribution is -2.10. The van der Waals surface area contributed by atoms with Gasteiger partial charge >= 0.3 is 5.51 Å². The second-order valence-electron chi connectivity index (χ2n) is 3.51. The molecule has 0 aliphatic carbocycles. The summed E-state index contributed by atoms with van der Waals surface area (Å²) in [4.78, 5) is 10.7. The first kappa shape index (κ1) is 13.9. The van der Waals surface area contributed by atoms with Gasteiger partial charge in [-0.2, -0.15) is 13.2 Å². The predicted molar refractivity (Wildman–Crippen MR) is 60.5 cm³/mol. The summed E-state index contributed by atoms with van der Waals surface area (Å²) in [6.07, 6.45) is 1.54. The van der Waals surface area contributed by atoms with Crippen LogP contribution < -0.4 is 5.73 Å². The first-order valence-electron chi connectivity index (χ1n) is 5.00. The standard InChI is InChI=1S/C11H12F3NOS/c12-11(13,14)17-9-6-4-8(5-7-9)2-1-3-10(15)16/h4-7H,1-3H2,(H2,15,16). The lowest BCUT2D eigenvalue weighted by Gasteiger charge is -2.06. The van der Waals surface area contributed by atoms with E-state index in [1.54, 1.807) is 12.1 Å². The maximum atomic E-state index is 12.0. The Morgan fingerprint density at radius 2 is 1.82 bits per heavy atom. The van der Waals surface area contributed by atoms with Crippen molar-refractivity contribution >= 4 is 17.7 Å². The topological polar surface area (TPSA) is 43.1 Å². The molecule has 0 saturated carbocycles. The highest BCUT2D eigenvalue weighted by atomic mass is 32.2. The maximum Gasteiger partial charge on any atom is 0.446 e. The van der Waals surface area contributed by atoms with Gasteiger partial charge in [0.2, 0.25) is 5.91 Å². The molecule has 0 spiro atoms. The van der Waals surface area contributed by atoms with Crippen molar-refractivity contribution in [1.82, 2.24) is 0 Å². The minimum atomic E-state index is -4.26. The van der Waals surface area contributed by atoms with Gasteiger partial charge < -0.3 is 5.73 Å². The summed E-state index contributed by atoms with van der Waals surface area (Å²) in [6, 6.07) is 6.12. The van der Waals surface area contributed by atoms with Crippen LogP contribution in [0.2, 0.25) is 0 Å². The van der Waals surface area contributed by atoms with Crippen molar-refractivity contribution < 1.29 is 18.0 Å². The number of aryl methyl sites for hydroxylation is 1. The first-order valence-corrected chi connectivity index (χ1v) is 5.81. The second kappa shape index (κ2) is 5.95. The Bertz CT molecular complexity index is 375. The molecule has 0 aliphatic heterocycles. The Balaban J connectivity index is 2.47. The molecular formula is C11H12F3NOS. The molecule has 2 N–H and O–H groups in total. The minimum Gasteiger partial charge on any atom is -0.370 e. The average Bonchev–Trinajstić information content (AvgIpc) is 2.18. The number of halogens is 3. The Labute approximate surface area is 101 Å². The van der Waals surface area contributed by atoms with Gasteiger partial charge in [0.25, 0.3) is 0 Å². The molecule has 1 aromatic rings. The number of carbonyl (C=O) groups is 1. The fourth-order valence-corrected chi connectivity index (χ4v) is 1.86. The molecule has 1 amide bonds. The number of carbonyl (C=O) groups excluding carboxylic acids is 1. The normalized spacial score (nSPS) is 11.5. The third-order valence-electron chi connectivity index (χ3n) is 2.05. The van der Waals surface area contributed by atoms with Crippen molar-refractivity contribution in [2.24, 2.45) is 5.73 Å². The van der Waals surface area contributed by atoms with Crippen molar-refractivity contribution in [3.8, 4) is 0 Å². The lowest BCUT2D eigenvalue weighted by molar-refractivity contribution is -0.118. The molecule has 0 bridgehead atoms. The van der Waals surface area contributed by atoms with Gasteiger partial charge in [-0.05, 0) is 42.3 Å². The number of hydrogen-bond acceptors (Lipinski definition) is 2. The van der Waals surface area contributed by atoms with Gasteiger partial charge in [0.15, 0.2) is 0 Å². The van der Waals surface area contributed by atoms with Crippen LogP contribution in [0.1, 0.15) is 18.4 Å². The summed E-state index contributed by atoms with van der Waals surface area (Å²) in [5.41, 5.74) is 1.63. The molecular weight excluding hydrogens is 251 g/mol. The number of hydrogen-bond donors (Lipinski definition) is 1. The van der Waals surface area contributed by atoms with E-state index in [1.165, 1.54) is 12.1 Å². The lowest BCUT2D eigenvalue weighted by atomic mass is 10.1. The number of rotatable bonds is 5. The average molecular weight is 263 g/mol. The second-order valence-corrected chi connectivity index (χ2v) is 4.65. The third kappa shape index (κ3) is 6.21. The quantitative estimate of drug-likeness (QED) is 0.829. The molecule has 0 atom stereocenters. The number of alkyl halides is 3. The Kier molecular flexibility index (Phi) is 4.86. The molecule has 0 unspecified atom stereocenters. The van der Waals surface area contributed by atoms with Crippen LogP contribution in [0.5, 0.6) is 0 Å². The fourth-order valence-electron chi connectivity index (χ4n) is 1.32. The van der Waals surface area contributed by atoms with Crippen LogP contribution >= 0.6 is 11.8 Å². The van der Waals surface area contributed by atoms with Gasteiger partial charge in [-0.1, -0.05) is 12.1 Å². The van der Waals surface area contributed by atoms with E-state index < -0.39 is 5.51 Å². The molecule has 0 radical (unpaired) electrons. The van der Waals surface area contributed by atoms with Crippen molar-refractivity contribution in [2.45, 2.75) is 29.7 Å². The van der Waals surface area contributed by atoms with E-state index in [0.717, 1.165) is 5.56 Å². The summed E-state index contributed by atoms with van der Waals surface area (Å²) in [7, 11) is 0. The molecule has 1 aromatic carbocycles. The highest BCUT2D eigenvalue weighted by Crippen LogP contribution is 2.36. The third-order valence-corrected chi connectivity index (χ3v) is 2.78. The van der Waals surface area contributed by atoms with Crippen molar-refractivity contribution in [2.75, 3.05) is 0 Å². The van der Waals surface area contributed by atoms with E-state index in [4.69, 9.17) is 5.73 Å². The SMILES string of the molecule is NC(=O)CCCc1ccc(SC(F)(F)F)cc1. The maximum absolute atomic E-state index is 12.0. The predicted octanol–water partition coefficient (Wildman–Crippen LogP) is 3.11. The molecule has 17 heavy (non-hydrogen) atoms. The van der Waals surface area contributed by atoms with Gasteiger partial charge in [0.1, 0.15) is 0 Å². The van der Waals surface area contributed by atoms with Crippen LogP contribution in [0, 0.1) is 0 Å². The molecule has 0 aromatic heterocycles. The van der Waals surface area contributed by atoms with E-state index in [1.807, 2.05) is 0 Å². The number of benzene rings is 1.